The molecule has 0 fully saturated rings. The number of aliphatic hydroxyl groups is 1. The summed E-state index contributed by atoms with van der Waals surface area (Å²) in [6, 6.07) is 5.64. The van der Waals surface area contributed by atoms with Crippen molar-refractivity contribution in [3.8, 4) is 11.1 Å². The predicted molar refractivity (Wildman–Crippen MR) is 102 cm³/mol. The fraction of sp³-hybridized carbons (Fsp3) is 0.350. The summed E-state index contributed by atoms with van der Waals surface area (Å²) < 4.78 is 24.5. The first-order valence-electron chi connectivity index (χ1n) is 9.08. The van der Waals surface area contributed by atoms with Crippen LogP contribution in [-0.4, -0.2) is 60.7 Å². The van der Waals surface area contributed by atoms with Gasteiger partial charge in [0, 0.05) is 23.4 Å². The molecule has 9 heteroatoms. The van der Waals surface area contributed by atoms with Crippen molar-refractivity contribution >= 4 is 17.7 Å². The van der Waals surface area contributed by atoms with E-state index in [0.717, 1.165) is 0 Å². The number of aromatic nitrogens is 1. The number of aliphatic hydroxyl groups excluding tert-OH is 1. The molecule has 0 aliphatic carbocycles. The number of carbonyl (C=O) groups excluding carboxylic acids is 3. The molecule has 1 heterocycles. The van der Waals surface area contributed by atoms with Gasteiger partial charge in [0.2, 0.25) is 0 Å². The molecule has 0 saturated heterocycles. The predicted octanol–water partition coefficient (Wildman–Crippen LogP) is 1.61. The summed E-state index contributed by atoms with van der Waals surface area (Å²) in [5.74, 6) is -3.27. The van der Waals surface area contributed by atoms with E-state index in [0.29, 0.717) is 0 Å². The van der Waals surface area contributed by atoms with Gasteiger partial charge in [0.1, 0.15) is 11.5 Å². The molecule has 0 spiro atoms. The van der Waals surface area contributed by atoms with Crippen molar-refractivity contribution in [1.82, 2.24) is 10.3 Å². The summed E-state index contributed by atoms with van der Waals surface area (Å²) in [7, 11) is 0. The Hall–Kier alpha value is -3.04. The average molecular weight is 406 g/mol. The van der Waals surface area contributed by atoms with Crippen LogP contribution in [0.4, 0.5) is 4.39 Å². The summed E-state index contributed by atoms with van der Waals surface area (Å²) in [6.07, 6.45) is 0. The highest BCUT2D eigenvalue weighted by Gasteiger charge is 2.30. The number of ether oxygens (including phenoxy) is 2. The second-order valence-corrected chi connectivity index (χ2v) is 6.00. The van der Waals surface area contributed by atoms with E-state index in [1.165, 1.54) is 25.1 Å². The van der Waals surface area contributed by atoms with Gasteiger partial charge >= 0.3 is 5.97 Å². The van der Waals surface area contributed by atoms with Crippen LogP contribution in [0.3, 0.4) is 0 Å². The lowest BCUT2D eigenvalue weighted by Crippen LogP contribution is -2.34. The van der Waals surface area contributed by atoms with Crippen molar-refractivity contribution in [2.24, 2.45) is 0 Å². The summed E-state index contributed by atoms with van der Waals surface area (Å²) in [5, 5.41) is 11.0. The Morgan fingerprint density at radius 3 is 2.59 bits per heavy atom. The van der Waals surface area contributed by atoms with Crippen LogP contribution in [0, 0.1) is 12.7 Å². The number of esters is 1. The standard InChI is InChI=1S/C20H23FN2O6/c1-3-29-20(27)15-12(2)23-17(16(15)13-6-4-5-7-14(13)21)18(25)19(26)22-8-10-28-11-9-24/h4-7,23-24H,3,8-11H2,1-2H3,(H,22,26). The van der Waals surface area contributed by atoms with Crippen LogP contribution in [-0.2, 0) is 14.3 Å². The van der Waals surface area contributed by atoms with E-state index >= 15 is 0 Å². The largest absolute Gasteiger partial charge is 0.462 e. The van der Waals surface area contributed by atoms with E-state index in [-0.39, 0.29) is 61.1 Å². The average Bonchev–Trinajstić information content (AvgIpc) is 3.04. The lowest BCUT2D eigenvalue weighted by Gasteiger charge is -2.09. The third-order valence-electron chi connectivity index (χ3n) is 4.01. The number of rotatable bonds is 10. The quantitative estimate of drug-likeness (QED) is 0.239. The van der Waals surface area contributed by atoms with Crippen LogP contribution in [0.5, 0.6) is 0 Å². The van der Waals surface area contributed by atoms with Crippen molar-refractivity contribution in [2.45, 2.75) is 13.8 Å². The van der Waals surface area contributed by atoms with Gasteiger partial charge in [-0.15, -0.1) is 0 Å². The maximum atomic E-state index is 14.5. The summed E-state index contributed by atoms with van der Waals surface area (Å²) in [5.41, 5.74) is 0.0611. The fourth-order valence-electron chi connectivity index (χ4n) is 2.78. The van der Waals surface area contributed by atoms with Crippen molar-refractivity contribution in [1.29, 1.82) is 0 Å². The number of halogens is 1. The number of H-pyrrole nitrogens is 1. The highest BCUT2D eigenvalue weighted by molar-refractivity contribution is 6.43. The van der Waals surface area contributed by atoms with Gasteiger partial charge < -0.3 is 24.9 Å². The van der Waals surface area contributed by atoms with Crippen molar-refractivity contribution < 1.29 is 33.4 Å². The maximum absolute atomic E-state index is 14.5. The lowest BCUT2D eigenvalue weighted by atomic mass is 9.98. The van der Waals surface area contributed by atoms with Gasteiger partial charge in [0.15, 0.2) is 0 Å². The second-order valence-electron chi connectivity index (χ2n) is 6.00. The maximum Gasteiger partial charge on any atom is 0.340 e. The minimum atomic E-state index is -0.955. The number of nitrogens with one attached hydrogen (secondary N) is 2. The van der Waals surface area contributed by atoms with Crippen molar-refractivity contribution in [3.05, 3.63) is 47.0 Å². The Labute approximate surface area is 167 Å². The van der Waals surface area contributed by atoms with Gasteiger partial charge in [-0.1, -0.05) is 18.2 Å². The molecule has 29 heavy (non-hydrogen) atoms. The number of Topliss-reactive ketones (excluding diaryl/α,β-unsaturated/α-hetero) is 1. The summed E-state index contributed by atoms with van der Waals surface area (Å²) in [6.45, 7) is 3.37. The molecule has 0 saturated carbocycles. The first-order chi connectivity index (χ1) is 13.9. The van der Waals surface area contributed by atoms with Gasteiger partial charge in [-0.25, -0.2) is 9.18 Å². The van der Waals surface area contributed by atoms with E-state index in [4.69, 9.17) is 14.6 Å². The molecule has 0 atom stereocenters. The molecule has 1 aromatic carbocycles. The van der Waals surface area contributed by atoms with Crippen molar-refractivity contribution in [3.63, 3.8) is 0 Å². The molecular formula is C20H23FN2O6. The Morgan fingerprint density at radius 1 is 1.21 bits per heavy atom. The smallest absolute Gasteiger partial charge is 0.340 e. The van der Waals surface area contributed by atoms with Crippen LogP contribution in [0.1, 0.15) is 33.5 Å². The van der Waals surface area contributed by atoms with E-state index < -0.39 is 23.5 Å². The van der Waals surface area contributed by atoms with Gasteiger partial charge in [-0.3, -0.25) is 9.59 Å². The van der Waals surface area contributed by atoms with Crippen LogP contribution in [0.25, 0.3) is 11.1 Å². The van der Waals surface area contributed by atoms with Gasteiger partial charge in [-0.2, -0.15) is 0 Å². The van der Waals surface area contributed by atoms with Gasteiger partial charge in [0.05, 0.1) is 32.0 Å². The number of carbonyl (C=O) groups is 3. The number of aromatic amines is 1. The van der Waals surface area contributed by atoms with Gasteiger partial charge in [-0.05, 0) is 19.9 Å². The number of amides is 1. The van der Waals surface area contributed by atoms with Crippen LogP contribution in [0.2, 0.25) is 0 Å². The van der Waals surface area contributed by atoms with Crippen molar-refractivity contribution in [2.75, 3.05) is 33.0 Å². The van der Waals surface area contributed by atoms with Crippen LogP contribution >= 0.6 is 0 Å². The number of benzene rings is 1. The molecule has 2 aromatic rings. The zero-order chi connectivity index (χ0) is 21.4. The summed E-state index contributed by atoms with van der Waals surface area (Å²) in [4.78, 5) is 40.1. The van der Waals surface area contributed by atoms with E-state index in [1.54, 1.807) is 13.0 Å². The van der Waals surface area contributed by atoms with Gasteiger partial charge in [0.25, 0.3) is 11.7 Å². The fourth-order valence-corrected chi connectivity index (χ4v) is 2.78. The molecule has 0 bridgehead atoms. The highest BCUT2D eigenvalue weighted by Crippen LogP contribution is 2.33. The Bertz CT molecular complexity index is 893. The van der Waals surface area contributed by atoms with E-state index in [2.05, 4.69) is 10.3 Å². The highest BCUT2D eigenvalue weighted by atomic mass is 19.1. The molecule has 0 aliphatic heterocycles. The molecule has 0 radical (unpaired) electrons. The molecule has 1 aromatic heterocycles. The minimum Gasteiger partial charge on any atom is -0.462 e. The first kappa shape index (κ1) is 22.3. The first-order valence-corrected chi connectivity index (χ1v) is 9.08. The Morgan fingerprint density at radius 2 is 1.93 bits per heavy atom. The molecule has 2 rings (SSSR count). The molecule has 0 unspecified atom stereocenters. The molecule has 0 aliphatic rings. The number of aryl methyl sites for hydroxylation is 1. The monoisotopic (exact) mass is 406 g/mol. The SMILES string of the molecule is CCOC(=O)c1c(C)[nH]c(C(=O)C(=O)NCCOCCO)c1-c1ccccc1F. The molecule has 3 N–H and O–H groups in total. The minimum absolute atomic E-state index is 0.000575. The zero-order valence-electron chi connectivity index (χ0n) is 16.2. The number of hydrogen-bond acceptors (Lipinski definition) is 6. The molecular weight excluding hydrogens is 383 g/mol. The number of hydrogen-bond donors (Lipinski definition) is 3. The zero-order valence-corrected chi connectivity index (χ0v) is 16.2. The Balaban J connectivity index is 2.40. The topological polar surface area (TPSA) is 118 Å². The molecule has 1 amide bonds. The Kier molecular flexibility index (Phi) is 8.05. The molecule has 156 valence electrons. The normalized spacial score (nSPS) is 10.6. The number of ketones is 1. The van der Waals surface area contributed by atoms with Crippen LogP contribution in [0.15, 0.2) is 24.3 Å². The van der Waals surface area contributed by atoms with E-state index in [9.17, 15) is 18.8 Å². The lowest BCUT2D eigenvalue weighted by molar-refractivity contribution is -0.117. The third kappa shape index (κ3) is 5.27. The van der Waals surface area contributed by atoms with Crippen LogP contribution < -0.4 is 5.32 Å². The second kappa shape index (κ2) is 10.5. The summed E-state index contributed by atoms with van der Waals surface area (Å²) >= 11 is 0. The third-order valence-corrected chi connectivity index (χ3v) is 4.01. The van der Waals surface area contributed by atoms with E-state index in [1.807, 2.05) is 0 Å². The molecule has 8 nitrogen and oxygen atoms in total.